The third kappa shape index (κ3) is 3.48. The van der Waals surface area contributed by atoms with E-state index in [0.29, 0.717) is 16.4 Å². The fraction of sp³-hybridized carbons (Fsp3) is 0.0769. The van der Waals surface area contributed by atoms with Gasteiger partial charge in [0.1, 0.15) is 0 Å². The van der Waals surface area contributed by atoms with Crippen LogP contribution in [0.4, 0.5) is 10.8 Å². The topological polar surface area (TPSA) is 88.2 Å². The molecule has 0 radical (unpaired) electrons. The van der Waals surface area contributed by atoms with Gasteiger partial charge in [-0.25, -0.2) is 4.98 Å². The summed E-state index contributed by atoms with van der Waals surface area (Å²) in [4.78, 5) is 38.4. The minimum absolute atomic E-state index is 0.117. The Morgan fingerprint density at radius 2 is 1.90 bits per heavy atom. The van der Waals surface area contributed by atoms with Gasteiger partial charge >= 0.3 is 11.8 Å². The van der Waals surface area contributed by atoms with Crippen molar-refractivity contribution in [1.29, 1.82) is 0 Å². The summed E-state index contributed by atoms with van der Waals surface area (Å²) in [5, 5.41) is 6.83. The van der Waals surface area contributed by atoms with Crippen molar-refractivity contribution in [2.24, 2.45) is 0 Å². The maximum Gasteiger partial charge on any atom is 0.315 e. The molecule has 0 bridgehead atoms. The molecule has 20 heavy (non-hydrogen) atoms. The van der Waals surface area contributed by atoms with Crippen molar-refractivity contribution >= 4 is 39.8 Å². The Morgan fingerprint density at radius 3 is 2.55 bits per heavy atom. The molecule has 6 nitrogen and oxygen atoms in total. The van der Waals surface area contributed by atoms with Gasteiger partial charge < -0.3 is 5.32 Å². The number of Topliss-reactive ketones (excluding diaryl/α,β-unsaturated/α-hetero) is 1. The number of nitrogens with zero attached hydrogens (tertiary/aromatic N) is 1. The molecule has 1 aromatic carbocycles. The first-order valence-corrected chi connectivity index (χ1v) is 6.57. The van der Waals surface area contributed by atoms with Crippen LogP contribution in [0, 0.1) is 0 Å². The lowest BCUT2D eigenvalue weighted by Crippen LogP contribution is -2.29. The van der Waals surface area contributed by atoms with Gasteiger partial charge in [-0.2, -0.15) is 0 Å². The zero-order valence-electron chi connectivity index (χ0n) is 10.5. The molecular formula is C13H11N3O3S. The molecule has 1 heterocycles. The molecule has 1 aromatic heterocycles. The molecule has 0 fully saturated rings. The fourth-order valence-corrected chi connectivity index (χ4v) is 1.97. The number of hydrogen-bond acceptors (Lipinski definition) is 5. The highest BCUT2D eigenvalue weighted by Gasteiger charge is 2.15. The van der Waals surface area contributed by atoms with Crippen LogP contribution in [0.3, 0.4) is 0 Å². The maximum atomic E-state index is 11.7. The van der Waals surface area contributed by atoms with Crippen molar-refractivity contribution in [3.63, 3.8) is 0 Å². The number of carbonyl (C=O) groups excluding carboxylic acids is 3. The summed E-state index contributed by atoms with van der Waals surface area (Å²) in [6.07, 6.45) is 1.52. The Balaban J connectivity index is 2.02. The maximum absolute atomic E-state index is 11.7. The van der Waals surface area contributed by atoms with Crippen LogP contribution in [0.1, 0.15) is 17.3 Å². The van der Waals surface area contributed by atoms with E-state index in [0.717, 1.165) is 0 Å². The van der Waals surface area contributed by atoms with Crippen molar-refractivity contribution < 1.29 is 14.4 Å². The summed E-state index contributed by atoms with van der Waals surface area (Å²) in [5.41, 5.74) is 0.847. The third-order valence-corrected chi connectivity index (χ3v) is 3.07. The summed E-state index contributed by atoms with van der Waals surface area (Å²) < 4.78 is 0. The molecule has 7 heteroatoms. The van der Waals surface area contributed by atoms with Crippen LogP contribution in [-0.2, 0) is 9.59 Å². The SMILES string of the molecule is CC(=O)c1cccc(NC(=O)C(=O)Nc2nccs2)c1. The van der Waals surface area contributed by atoms with Crippen LogP contribution in [0.25, 0.3) is 0 Å². The first-order chi connectivity index (χ1) is 9.56. The molecule has 0 aliphatic rings. The number of anilines is 2. The van der Waals surface area contributed by atoms with E-state index >= 15 is 0 Å². The molecule has 0 unspecified atom stereocenters. The highest BCUT2D eigenvalue weighted by atomic mass is 32.1. The van der Waals surface area contributed by atoms with E-state index in [1.165, 1.54) is 30.5 Å². The predicted octanol–water partition coefficient (Wildman–Crippen LogP) is 1.92. The Labute approximate surface area is 118 Å². The van der Waals surface area contributed by atoms with Gasteiger partial charge in [0.2, 0.25) is 0 Å². The lowest BCUT2D eigenvalue weighted by atomic mass is 10.1. The molecule has 0 spiro atoms. The van der Waals surface area contributed by atoms with Gasteiger partial charge in [0.25, 0.3) is 0 Å². The van der Waals surface area contributed by atoms with E-state index in [9.17, 15) is 14.4 Å². The van der Waals surface area contributed by atoms with Gasteiger partial charge in [-0.05, 0) is 19.1 Å². The first-order valence-electron chi connectivity index (χ1n) is 5.69. The van der Waals surface area contributed by atoms with E-state index in [1.54, 1.807) is 23.6 Å². The van der Waals surface area contributed by atoms with Crippen LogP contribution >= 0.6 is 11.3 Å². The largest absolute Gasteiger partial charge is 0.318 e. The highest BCUT2D eigenvalue weighted by Crippen LogP contribution is 2.12. The number of aromatic nitrogens is 1. The van der Waals surface area contributed by atoms with Gasteiger partial charge in [-0.15, -0.1) is 11.3 Å². The smallest absolute Gasteiger partial charge is 0.315 e. The quantitative estimate of drug-likeness (QED) is 0.667. The predicted molar refractivity (Wildman–Crippen MR) is 75.8 cm³/mol. The molecule has 0 aliphatic heterocycles. The number of nitrogens with one attached hydrogen (secondary N) is 2. The molecule has 2 aromatic rings. The van der Waals surface area contributed by atoms with Crippen molar-refractivity contribution in [2.75, 3.05) is 10.6 Å². The van der Waals surface area contributed by atoms with E-state index in [2.05, 4.69) is 15.6 Å². The van der Waals surface area contributed by atoms with Crippen molar-refractivity contribution in [3.05, 3.63) is 41.4 Å². The Hall–Kier alpha value is -2.54. The molecule has 0 saturated heterocycles. The summed E-state index contributed by atoms with van der Waals surface area (Å²) >= 11 is 1.21. The first kappa shape index (κ1) is 13.9. The van der Waals surface area contributed by atoms with E-state index < -0.39 is 11.8 Å². The Morgan fingerprint density at radius 1 is 1.15 bits per heavy atom. The number of amides is 2. The highest BCUT2D eigenvalue weighted by molar-refractivity contribution is 7.13. The number of hydrogen-bond donors (Lipinski definition) is 2. The van der Waals surface area contributed by atoms with Crippen LogP contribution in [0.2, 0.25) is 0 Å². The molecule has 0 aliphatic carbocycles. The lowest BCUT2D eigenvalue weighted by molar-refractivity contribution is -0.132. The van der Waals surface area contributed by atoms with Gasteiger partial charge in [-0.1, -0.05) is 12.1 Å². The van der Waals surface area contributed by atoms with Crippen molar-refractivity contribution in [1.82, 2.24) is 4.98 Å². The van der Waals surface area contributed by atoms with Crippen LogP contribution in [0.5, 0.6) is 0 Å². The summed E-state index contributed by atoms with van der Waals surface area (Å²) in [6.45, 7) is 1.43. The monoisotopic (exact) mass is 289 g/mol. The van der Waals surface area contributed by atoms with Crippen LogP contribution in [-0.4, -0.2) is 22.6 Å². The fourth-order valence-electron chi connectivity index (χ4n) is 1.44. The van der Waals surface area contributed by atoms with E-state index in [1.807, 2.05) is 0 Å². The number of ketones is 1. The van der Waals surface area contributed by atoms with Crippen LogP contribution < -0.4 is 10.6 Å². The molecule has 0 atom stereocenters. The molecule has 2 N–H and O–H groups in total. The van der Waals surface area contributed by atoms with Gasteiger partial charge in [0.05, 0.1) is 0 Å². The second kappa shape index (κ2) is 6.07. The van der Waals surface area contributed by atoms with E-state index in [-0.39, 0.29) is 5.78 Å². The number of rotatable bonds is 3. The minimum Gasteiger partial charge on any atom is -0.318 e. The zero-order chi connectivity index (χ0) is 14.5. The second-order valence-corrected chi connectivity index (χ2v) is 4.78. The summed E-state index contributed by atoms with van der Waals surface area (Å²) in [6, 6.07) is 6.37. The average Bonchev–Trinajstić information content (AvgIpc) is 2.91. The van der Waals surface area contributed by atoms with Gasteiger partial charge in [0, 0.05) is 22.8 Å². The van der Waals surface area contributed by atoms with Crippen LogP contribution in [0.15, 0.2) is 35.8 Å². The molecule has 0 saturated carbocycles. The zero-order valence-corrected chi connectivity index (χ0v) is 11.4. The minimum atomic E-state index is -0.819. The number of thiazole rings is 1. The Bertz CT molecular complexity index is 653. The molecule has 102 valence electrons. The normalized spacial score (nSPS) is 9.85. The number of benzene rings is 1. The summed E-state index contributed by atoms with van der Waals surface area (Å²) in [7, 11) is 0. The lowest BCUT2D eigenvalue weighted by Gasteiger charge is -2.05. The second-order valence-electron chi connectivity index (χ2n) is 3.88. The van der Waals surface area contributed by atoms with Gasteiger partial charge in [-0.3, -0.25) is 19.7 Å². The van der Waals surface area contributed by atoms with Crippen molar-refractivity contribution in [3.8, 4) is 0 Å². The molecular weight excluding hydrogens is 278 g/mol. The average molecular weight is 289 g/mol. The molecule has 2 rings (SSSR count). The summed E-state index contributed by atoms with van der Waals surface area (Å²) in [5.74, 6) is -1.75. The van der Waals surface area contributed by atoms with E-state index in [4.69, 9.17) is 0 Å². The standard InChI is InChI=1S/C13H11N3O3S/c1-8(17)9-3-2-4-10(7-9)15-11(18)12(19)16-13-14-5-6-20-13/h2-7H,1H3,(H,15,18)(H,14,16,19). The number of carbonyl (C=O) groups is 3. The van der Waals surface area contributed by atoms with Crippen molar-refractivity contribution in [2.45, 2.75) is 6.92 Å². The third-order valence-electron chi connectivity index (χ3n) is 2.39. The van der Waals surface area contributed by atoms with Gasteiger partial charge in [0.15, 0.2) is 10.9 Å². The molecule has 2 amide bonds. The Kier molecular flexibility index (Phi) is 4.21.